The number of ether oxygens (including phenoxy) is 3. The summed E-state index contributed by atoms with van der Waals surface area (Å²) < 4.78 is 15.1. The molecule has 1 atom stereocenters. The maximum absolute atomic E-state index is 12.9. The molecular formula is C20H20N2O6S. The molecule has 29 heavy (non-hydrogen) atoms. The van der Waals surface area contributed by atoms with Crippen molar-refractivity contribution in [3.63, 3.8) is 0 Å². The number of methoxy groups -OCH3 is 2. The zero-order valence-corrected chi connectivity index (χ0v) is 17.2. The Hall–Kier alpha value is -3.07. The van der Waals surface area contributed by atoms with E-state index in [-0.39, 0.29) is 17.1 Å². The van der Waals surface area contributed by atoms with Gasteiger partial charge in [0.05, 0.1) is 38.1 Å². The van der Waals surface area contributed by atoms with Crippen molar-refractivity contribution in [2.75, 3.05) is 20.8 Å². The molecule has 0 saturated carbocycles. The van der Waals surface area contributed by atoms with Crippen LogP contribution in [0.15, 0.2) is 51.5 Å². The smallest absolute Gasteiger partial charge is 0.345 e. The number of hydrogen-bond acceptors (Lipinski definition) is 8. The van der Waals surface area contributed by atoms with Crippen molar-refractivity contribution in [1.29, 1.82) is 0 Å². The van der Waals surface area contributed by atoms with E-state index in [0.29, 0.717) is 22.2 Å². The fourth-order valence-electron chi connectivity index (χ4n) is 3.07. The number of carbonyl (C=O) groups excluding carboxylic acids is 3. The van der Waals surface area contributed by atoms with Crippen LogP contribution >= 0.6 is 11.8 Å². The van der Waals surface area contributed by atoms with E-state index < -0.39 is 23.9 Å². The molecule has 1 aromatic rings. The van der Waals surface area contributed by atoms with Gasteiger partial charge in [0.15, 0.2) is 5.17 Å². The lowest BCUT2D eigenvalue weighted by molar-refractivity contribution is -0.140. The van der Waals surface area contributed by atoms with Crippen LogP contribution in [0.4, 0.5) is 0 Å². The summed E-state index contributed by atoms with van der Waals surface area (Å²) in [6.45, 7) is 3.58. The molecule has 2 aliphatic rings. The zero-order chi connectivity index (χ0) is 21.1. The van der Waals surface area contributed by atoms with Gasteiger partial charge in [-0.2, -0.15) is 0 Å². The first-order valence-corrected chi connectivity index (χ1v) is 9.64. The Morgan fingerprint density at radius 1 is 1.17 bits per heavy atom. The van der Waals surface area contributed by atoms with Crippen molar-refractivity contribution in [3.8, 4) is 5.75 Å². The molecule has 2 aliphatic heterocycles. The monoisotopic (exact) mass is 416 g/mol. The highest BCUT2D eigenvalue weighted by Gasteiger charge is 2.42. The molecule has 0 fully saturated rings. The van der Waals surface area contributed by atoms with Gasteiger partial charge in [-0.05, 0) is 43.3 Å². The molecule has 0 aliphatic carbocycles. The summed E-state index contributed by atoms with van der Waals surface area (Å²) >= 11 is 1.02. The van der Waals surface area contributed by atoms with E-state index in [0.717, 1.165) is 11.8 Å². The Morgan fingerprint density at radius 2 is 1.86 bits per heavy atom. The summed E-state index contributed by atoms with van der Waals surface area (Å²) in [6.07, 6.45) is 1.19. The predicted octanol–water partition coefficient (Wildman–Crippen LogP) is 2.58. The number of thioether (sulfide) groups is 1. The van der Waals surface area contributed by atoms with E-state index in [4.69, 9.17) is 14.2 Å². The molecule has 0 radical (unpaired) electrons. The van der Waals surface area contributed by atoms with Crippen LogP contribution in [0, 0.1) is 0 Å². The molecule has 0 saturated heterocycles. The van der Waals surface area contributed by atoms with Gasteiger partial charge in [0.25, 0.3) is 5.91 Å². The molecule has 0 aromatic heterocycles. The second-order valence-electron chi connectivity index (χ2n) is 6.10. The van der Waals surface area contributed by atoms with Gasteiger partial charge in [0.1, 0.15) is 10.7 Å². The van der Waals surface area contributed by atoms with Gasteiger partial charge in [-0.15, -0.1) is 0 Å². The first kappa shape index (κ1) is 20.7. The summed E-state index contributed by atoms with van der Waals surface area (Å²) in [6, 6.07) is 6.29. The summed E-state index contributed by atoms with van der Waals surface area (Å²) in [5.74, 6) is -0.999. The third kappa shape index (κ3) is 3.91. The number of aliphatic imine (C=N–C) groups is 1. The second-order valence-corrected chi connectivity index (χ2v) is 7.11. The number of rotatable bonds is 5. The van der Waals surface area contributed by atoms with Gasteiger partial charge >= 0.3 is 11.9 Å². The van der Waals surface area contributed by atoms with E-state index >= 15 is 0 Å². The lowest BCUT2D eigenvalue weighted by atomic mass is 9.94. The lowest BCUT2D eigenvalue weighted by Gasteiger charge is -2.38. The maximum atomic E-state index is 12.9. The number of allylic oxidation sites excluding steroid dienone is 1. The molecule has 0 unspecified atom stereocenters. The third-order valence-corrected chi connectivity index (χ3v) is 5.37. The van der Waals surface area contributed by atoms with Crippen LogP contribution in [0.5, 0.6) is 5.75 Å². The largest absolute Gasteiger partial charge is 0.497 e. The average molecular weight is 416 g/mol. The highest BCUT2D eigenvalue weighted by atomic mass is 32.2. The highest BCUT2D eigenvalue weighted by molar-refractivity contribution is 8.18. The van der Waals surface area contributed by atoms with Gasteiger partial charge in [0.2, 0.25) is 0 Å². The van der Waals surface area contributed by atoms with E-state index in [2.05, 4.69) is 4.99 Å². The Labute approximate surface area is 172 Å². The van der Waals surface area contributed by atoms with Crippen molar-refractivity contribution < 1.29 is 28.6 Å². The van der Waals surface area contributed by atoms with Gasteiger partial charge in [-0.1, -0.05) is 12.1 Å². The SMILES string of the molecule is CCOC(=O)C1=C(C)N=C2SC(C(=O)OC)=CC(=O)N2[C@H]1c1ccc(OC)cc1. The van der Waals surface area contributed by atoms with E-state index in [1.165, 1.54) is 18.1 Å². The first-order valence-electron chi connectivity index (χ1n) is 8.82. The minimum absolute atomic E-state index is 0.133. The maximum Gasteiger partial charge on any atom is 0.345 e. The summed E-state index contributed by atoms with van der Waals surface area (Å²) in [4.78, 5) is 43.5. The van der Waals surface area contributed by atoms with Crippen LogP contribution < -0.4 is 4.74 Å². The van der Waals surface area contributed by atoms with Crippen molar-refractivity contribution >= 4 is 34.8 Å². The van der Waals surface area contributed by atoms with Gasteiger partial charge in [0, 0.05) is 6.08 Å². The molecule has 1 aromatic carbocycles. The highest BCUT2D eigenvalue weighted by Crippen LogP contribution is 2.42. The van der Waals surface area contributed by atoms with Crippen LogP contribution in [0.3, 0.4) is 0 Å². The van der Waals surface area contributed by atoms with Crippen molar-refractivity contribution in [2.45, 2.75) is 19.9 Å². The Balaban J connectivity index is 2.14. The molecular weight excluding hydrogens is 396 g/mol. The van der Waals surface area contributed by atoms with Crippen LogP contribution in [-0.2, 0) is 23.9 Å². The fourth-order valence-corrected chi connectivity index (χ4v) is 4.07. The Bertz CT molecular complexity index is 948. The minimum Gasteiger partial charge on any atom is -0.497 e. The Kier molecular flexibility index (Phi) is 6.07. The first-order chi connectivity index (χ1) is 13.9. The fraction of sp³-hybridized carbons (Fsp3) is 0.300. The second kappa shape index (κ2) is 8.52. The molecule has 8 nitrogen and oxygen atoms in total. The molecule has 0 bridgehead atoms. The number of carbonyl (C=O) groups is 3. The van der Waals surface area contributed by atoms with Crippen LogP contribution in [0.2, 0.25) is 0 Å². The topological polar surface area (TPSA) is 94.5 Å². The number of fused-ring (bicyclic) bond motifs is 1. The summed E-state index contributed by atoms with van der Waals surface area (Å²) in [7, 11) is 2.80. The van der Waals surface area contributed by atoms with Crippen molar-refractivity contribution in [3.05, 3.63) is 52.1 Å². The van der Waals surface area contributed by atoms with Gasteiger partial charge in [-0.25, -0.2) is 14.6 Å². The lowest BCUT2D eigenvalue weighted by Crippen LogP contribution is -2.44. The number of esters is 2. The molecule has 3 rings (SSSR count). The number of amides is 1. The van der Waals surface area contributed by atoms with E-state index in [1.54, 1.807) is 45.2 Å². The summed E-state index contributed by atoms with van der Waals surface area (Å²) in [5, 5.41) is 0.296. The molecule has 9 heteroatoms. The van der Waals surface area contributed by atoms with Crippen LogP contribution in [0.1, 0.15) is 25.5 Å². The molecule has 152 valence electrons. The molecule has 1 amide bonds. The quantitative estimate of drug-likeness (QED) is 0.681. The van der Waals surface area contributed by atoms with Crippen LogP contribution in [-0.4, -0.2) is 48.7 Å². The number of benzene rings is 1. The van der Waals surface area contributed by atoms with Crippen LogP contribution in [0.25, 0.3) is 0 Å². The standard InChI is InChI=1S/C20H20N2O6S/c1-5-28-19(25)16-11(2)21-20-22(15(23)10-14(29-20)18(24)27-4)17(16)12-6-8-13(26-3)9-7-12/h6-10,17H,5H2,1-4H3/t17-/m0/s1. The minimum atomic E-state index is -0.747. The predicted molar refractivity (Wildman–Crippen MR) is 107 cm³/mol. The van der Waals surface area contributed by atoms with Gasteiger partial charge in [-0.3, -0.25) is 9.69 Å². The number of hydrogen-bond donors (Lipinski definition) is 0. The number of nitrogens with zero attached hydrogens (tertiary/aromatic N) is 2. The Morgan fingerprint density at radius 3 is 2.45 bits per heavy atom. The molecule has 0 N–H and O–H groups in total. The van der Waals surface area contributed by atoms with Crippen molar-refractivity contribution in [1.82, 2.24) is 4.90 Å². The average Bonchev–Trinajstić information content (AvgIpc) is 2.72. The molecule has 2 heterocycles. The zero-order valence-electron chi connectivity index (χ0n) is 16.4. The molecule has 0 spiro atoms. The van der Waals surface area contributed by atoms with Crippen molar-refractivity contribution in [2.24, 2.45) is 4.99 Å². The van der Waals surface area contributed by atoms with E-state index in [1.807, 2.05) is 0 Å². The third-order valence-electron chi connectivity index (χ3n) is 4.40. The van der Waals surface area contributed by atoms with Gasteiger partial charge < -0.3 is 14.2 Å². The van der Waals surface area contributed by atoms with E-state index in [9.17, 15) is 14.4 Å². The normalized spacial score (nSPS) is 18.6. The summed E-state index contributed by atoms with van der Waals surface area (Å²) in [5.41, 5.74) is 1.37. The number of amidine groups is 1.